The lowest BCUT2D eigenvalue weighted by Gasteiger charge is -1.99. The molecule has 0 amide bonds. The molecular formula is C9H10BrNO2S. The molecule has 0 atom stereocenters. The van der Waals surface area contributed by atoms with Gasteiger partial charge in [0.15, 0.2) is 0 Å². The van der Waals surface area contributed by atoms with E-state index in [1.54, 1.807) is 6.08 Å². The van der Waals surface area contributed by atoms with Crippen LogP contribution in [-0.4, -0.2) is 4.92 Å². The molecule has 0 unspecified atom stereocenters. The van der Waals surface area contributed by atoms with Gasteiger partial charge in [0.05, 0.1) is 8.71 Å². The van der Waals surface area contributed by atoms with Gasteiger partial charge in [0.1, 0.15) is 0 Å². The zero-order valence-corrected chi connectivity index (χ0v) is 10.3. The predicted octanol–water partition coefficient (Wildman–Crippen LogP) is 3.78. The number of nitrogens with zero attached hydrogens (tertiary/aromatic N) is 1. The van der Waals surface area contributed by atoms with Gasteiger partial charge in [-0.3, -0.25) is 10.1 Å². The van der Waals surface area contributed by atoms with Crippen LogP contribution >= 0.6 is 27.3 Å². The maximum atomic E-state index is 10.7. The summed E-state index contributed by atoms with van der Waals surface area (Å²) in [5, 5.41) is 10.7. The molecular weight excluding hydrogens is 266 g/mol. The van der Waals surface area contributed by atoms with Crippen LogP contribution in [0.1, 0.15) is 18.7 Å². The predicted molar refractivity (Wildman–Crippen MR) is 61.8 cm³/mol. The van der Waals surface area contributed by atoms with Gasteiger partial charge < -0.3 is 0 Å². The molecule has 1 aromatic rings. The summed E-state index contributed by atoms with van der Waals surface area (Å²) < 4.78 is 0.982. The zero-order valence-electron chi connectivity index (χ0n) is 7.86. The maximum absolute atomic E-state index is 10.7. The summed E-state index contributed by atoms with van der Waals surface area (Å²) in [6, 6.07) is 3.75. The largest absolute Gasteiger partial charge is 0.259 e. The zero-order chi connectivity index (χ0) is 10.7. The van der Waals surface area contributed by atoms with Crippen molar-refractivity contribution in [3.05, 3.63) is 36.6 Å². The highest BCUT2D eigenvalue weighted by molar-refractivity contribution is 9.11. The molecule has 0 aromatic carbocycles. The number of nitro groups is 1. The third-order valence-electron chi connectivity index (χ3n) is 1.69. The van der Waals surface area contributed by atoms with E-state index in [1.807, 2.05) is 26.0 Å². The van der Waals surface area contributed by atoms with Gasteiger partial charge in [-0.25, -0.2) is 0 Å². The molecule has 0 N–H and O–H groups in total. The fourth-order valence-corrected chi connectivity index (χ4v) is 2.35. The SMILES string of the molecule is CC(C)/C(=C/c1ccc(Br)s1)[N+](=O)[O-]. The molecule has 14 heavy (non-hydrogen) atoms. The second-order valence-electron chi connectivity index (χ2n) is 3.12. The Morgan fingerprint density at radius 1 is 1.64 bits per heavy atom. The van der Waals surface area contributed by atoms with Crippen LogP contribution in [0.25, 0.3) is 6.08 Å². The number of hydrogen-bond donors (Lipinski definition) is 0. The van der Waals surface area contributed by atoms with Crippen LogP contribution in [0, 0.1) is 16.0 Å². The monoisotopic (exact) mass is 275 g/mol. The van der Waals surface area contributed by atoms with Crippen molar-refractivity contribution in [2.45, 2.75) is 13.8 Å². The van der Waals surface area contributed by atoms with Crippen LogP contribution in [-0.2, 0) is 0 Å². The molecule has 1 aromatic heterocycles. The number of thiophene rings is 1. The van der Waals surface area contributed by atoms with Gasteiger partial charge in [0.2, 0.25) is 5.70 Å². The minimum atomic E-state index is -0.321. The number of allylic oxidation sites excluding steroid dienone is 1. The molecule has 0 fully saturated rings. The first-order valence-electron chi connectivity index (χ1n) is 4.12. The highest BCUT2D eigenvalue weighted by Crippen LogP contribution is 2.25. The van der Waals surface area contributed by atoms with Crippen molar-refractivity contribution in [3.8, 4) is 0 Å². The first-order chi connectivity index (χ1) is 6.50. The number of halogens is 1. The van der Waals surface area contributed by atoms with Crippen molar-refractivity contribution in [2.75, 3.05) is 0 Å². The molecule has 0 spiro atoms. The summed E-state index contributed by atoms with van der Waals surface area (Å²) in [5.74, 6) is -0.0640. The molecule has 1 heterocycles. The molecule has 0 aliphatic heterocycles. The van der Waals surface area contributed by atoms with E-state index in [4.69, 9.17) is 0 Å². The Bertz CT molecular complexity index is 371. The molecule has 0 saturated carbocycles. The minimum Gasteiger partial charge on any atom is -0.259 e. The van der Waals surface area contributed by atoms with E-state index in [-0.39, 0.29) is 16.5 Å². The Labute approximate surface area is 94.7 Å². The quantitative estimate of drug-likeness (QED) is 0.622. The van der Waals surface area contributed by atoms with Crippen molar-refractivity contribution in [3.63, 3.8) is 0 Å². The van der Waals surface area contributed by atoms with Gasteiger partial charge in [-0.05, 0) is 28.1 Å². The smallest absolute Gasteiger partial charge is 0.250 e. The second kappa shape index (κ2) is 4.70. The van der Waals surface area contributed by atoms with Crippen LogP contribution in [0.15, 0.2) is 21.6 Å². The van der Waals surface area contributed by atoms with Gasteiger partial charge in [0.25, 0.3) is 0 Å². The molecule has 5 heteroatoms. The highest BCUT2D eigenvalue weighted by atomic mass is 79.9. The fourth-order valence-electron chi connectivity index (χ4n) is 0.982. The Kier molecular flexibility index (Phi) is 3.83. The highest BCUT2D eigenvalue weighted by Gasteiger charge is 2.15. The van der Waals surface area contributed by atoms with E-state index in [0.717, 1.165) is 8.66 Å². The first kappa shape index (κ1) is 11.4. The van der Waals surface area contributed by atoms with Crippen LogP contribution in [0.5, 0.6) is 0 Å². The van der Waals surface area contributed by atoms with E-state index in [0.29, 0.717) is 0 Å². The Balaban J connectivity index is 2.99. The minimum absolute atomic E-state index is 0.0640. The molecule has 0 radical (unpaired) electrons. The average molecular weight is 276 g/mol. The number of rotatable bonds is 3. The summed E-state index contributed by atoms with van der Waals surface area (Å²) in [5.41, 5.74) is 0.249. The summed E-state index contributed by atoms with van der Waals surface area (Å²) in [4.78, 5) is 11.3. The van der Waals surface area contributed by atoms with Crippen molar-refractivity contribution < 1.29 is 4.92 Å². The van der Waals surface area contributed by atoms with Crippen LogP contribution in [0.2, 0.25) is 0 Å². The molecule has 0 bridgehead atoms. The van der Waals surface area contributed by atoms with Gasteiger partial charge in [-0.1, -0.05) is 13.8 Å². The lowest BCUT2D eigenvalue weighted by Crippen LogP contribution is -2.04. The van der Waals surface area contributed by atoms with Gasteiger partial charge in [0, 0.05) is 16.9 Å². The summed E-state index contributed by atoms with van der Waals surface area (Å²) in [6.07, 6.45) is 1.63. The van der Waals surface area contributed by atoms with E-state index < -0.39 is 0 Å². The second-order valence-corrected chi connectivity index (χ2v) is 5.62. The van der Waals surface area contributed by atoms with Crippen LogP contribution in [0.4, 0.5) is 0 Å². The lowest BCUT2D eigenvalue weighted by molar-refractivity contribution is -0.431. The standard InChI is InChI=1S/C9H10BrNO2S/c1-6(2)8(11(12)13)5-7-3-4-9(10)14-7/h3-6H,1-2H3/b8-5-. The molecule has 1 rings (SSSR count). The van der Waals surface area contributed by atoms with E-state index in [2.05, 4.69) is 15.9 Å². The maximum Gasteiger partial charge on any atom is 0.250 e. The Morgan fingerprint density at radius 3 is 2.64 bits per heavy atom. The lowest BCUT2D eigenvalue weighted by atomic mass is 10.1. The van der Waals surface area contributed by atoms with Crippen LogP contribution < -0.4 is 0 Å². The van der Waals surface area contributed by atoms with Crippen molar-refractivity contribution in [1.29, 1.82) is 0 Å². The van der Waals surface area contributed by atoms with Gasteiger partial charge in [-0.15, -0.1) is 11.3 Å². The molecule has 0 saturated heterocycles. The Hall–Kier alpha value is -0.680. The van der Waals surface area contributed by atoms with Crippen molar-refractivity contribution >= 4 is 33.3 Å². The molecule has 0 aliphatic rings. The molecule has 0 aliphatic carbocycles. The molecule has 76 valence electrons. The third-order valence-corrected chi connectivity index (χ3v) is 3.26. The fraction of sp³-hybridized carbons (Fsp3) is 0.333. The summed E-state index contributed by atoms with van der Waals surface area (Å²) >= 11 is 4.80. The van der Waals surface area contributed by atoms with Gasteiger partial charge in [-0.2, -0.15) is 0 Å². The van der Waals surface area contributed by atoms with E-state index in [9.17, 15) is 10.1 Å². The van der Waals surface area contributed by atoms with Crippen molar-refractivity contribution in [1.82, 2.24) is 0 Å². The first-order valence-corrected chi connectivity index (χ1v) is 5.73. The third kappa shape index (κ3) is 2.92. The number of hydrogen-bond acceptors (Lipinski definition) is 3. The summed E-state index contributed by atoms with van der Waals surface area (Å²) in [6.45, 7) is 3.63. The van der Waals surface area contributed by atoms with Crippen molar-refractivity contribution in [2.24, 2.45) is 5.92 Å². The normalized spacial score (nSPS) is 12.1. The van der Waals surface area contributed by atoms with E-state index >= 15 is 0 Å². The molecule has 3 nitrogen and oxygen atoms in total. The average Bonchev–Trinajstić information content (AvgIpc) is 2.46. The Morgan fingerprint density at radius 2 is 2.29 bits per heavy atom. The topological polar surface area (TPSA) is 43.1 Å². The van der Waals surface area contributed by atoms with E-state index in [1.165, 1.54) is 11.3 Å². The summed E-state index contributed by atoms with van der Waals surface area (Å²) in [7, 11) is 0. The van der Waals surface area contributed by atoms with Gasteiger partial charge >= 0.3 is 0 Å². The van der Waals surface area contributed by atoms with Crippen LogP contribution in [0.3, 0.4) is 0 Å².